The van der Waals surface area contributed by atoms with E-state index >= 15 is 0 Å². The van der Waals surface area contributed by atoms with Gasteiger partial charge in [0.1, 0.15) is 0 Å². The van der Waals surface area contributed by atoms with Crippen molar-refractivity contribution in [3.63, 3.8) is 0 Å². The summed E-state index contributed by atoms with van der Waals surface area (Å²) in [6.45, 7) is 8.85. The number of piperidine rings is 1. The Bertz CT molecular complexity index is 558. The molecule has 1 aromatic carbocycles. The van der Waals surface area contributed by atoms with Crippen molar-refractivity contribution in [1.29, 1.82) is 0 Å². The zero-order chi connectivity index (χ0) is 18.9. The number of aryl methyl sites for hydroxylation is 1. The molecule has 0 spiro atoms. The van der Waals surface area contributed by atoms with Crippen molar-refractivity contribution in [3.05, 3.63) is 35.4 Å². The molecule has 1 fully saturated rings. The van der Waals surface area contributed by atoms with E-state index in [9.17, 15) is 13.2 Å². The first-order chi connectivity index (χ1) is 11.4. The molecule has 142 valence electrons. The number of halogens is 3. The lowest BCUT2D eigenvalue weighted by molar-refractivity contribution is -0.137. The van der Waals surface area contributed by atoms with E-state index in [1.165, 1.54) is 12.1 Å². The smallest absolute Gasteiger partial charge is 0.302 e. The number of hydrogen-bond donors (Lipinski definition) is 0. The van der Waals surface area contributed by atoms with Gasteiger partial charge in [0.15, 0.2) is 0 Å². The van der Waals surface area contributed by atoms with Gasteiger partial charge in [0, 0.05) is 17.6 Å². The lowest BCUT2D eigenvalue weighted by Gasteiger charge is -2.51. The number of likely N-dealkylation sites (tertiary alicyclic amines) is 1. The van der Waals surface area contributed by atoms with Gasteiger partial charge in [0.05, 0.1) is 5.56 Å². The molecule has 1 aliphatic heterocycles. The summed E-state index contributed by atoms with van der Waals surface area (Å²) < 4.78 is 38.1. The quantitative estimate of drug-likeness (QED) is 0.762. The van der Waals surface area contributed by atoms with Gasteiger partial charge in [0.2, 0.25) is 0 Å². The molecule has 5 heteroatoms. The largest absolute Gasteiger partial charge is 0.416 e. The van der Waals surface area contributed by atoms with Crippen LogP contribution in [0.25, 0.3) is 0 Å². The molecule has 0 aromatic heterocycles. The molecule has 0 aliphatic carbocycles. The molecule has 1 atom stereocenters. The van der Waals surface area contributed by atoms with Gasteiger partial charge >= 0.3 is 6.18 Å². The second kappa shape index (κ2) is 7.28. The molecule has 0 saturated carbocycles. The lowest BCUT2D eigenvalue weighted by Crippen LogP contribution is -2.60. The van der Waals surface area contributed by atoms with Crippen molar-refractivity contribution >= 4 is 0 Å². The summed E-state index contributed by atoms with van der Waals surface area (Å²) in [5, 5.41) is 0. The van der Waals surface area contributed by atoms with Crippen LogP contribution in [-0.4, -0.2) is 48.1 Å². The van der Waals surface area contributed by atoms with E-state index in [0.717, 1.165) is 44.3 Å². The first-order valence-electron chi connectivity index (χ1n) is 9.03. The fraction of sp³-hybridized carbons (Fsp3) is 0.700. The number of alkyl halides is 3. The predicted octanol–water partition coefficient (Wildman–Crippen LogP) is 4.83. The first-order valence-corrected chi connectivity index (χ1v) is 9.03. The van der Waals surface area contributed by atoms with Gasteiger partial charge in [-0.05, 0) is 84.8 Å². The van der Waals surface area contributed by atoms with Crippen LogP contribution in [0.5, 0.6) is 0 Å². The molecule has 0 N–H and O–H groups in total. The monoisotopic (exact) mass is 356 g/mol. The van der Waals surface area contributed by atoms with Crippen LogP contribution in [0.3, 0.4) is 0 Å². The summed E-state index contributed by atoms with van der Waals surface area (Å²) in [6.07, 6.45) is -0.220. The molecule has 0 bridgehead atoms. The molecule has 2 rings (SSSR count). The van der Waals surface area contributed by atoms with Gasteiger partial charge in [0.25, 0.3) is 0 Å². The fourth-order valence-electron chi connectivity index (χ4n) is 3.72. The normalized spacial score (nSPS) is 23.2. The van der Waals surface area contributed by atoms with Crippen molar-refractivity contribution in [3.8, 4) is 0 Å². The van der Waals surface area contributed by atoms with Gasteiger partial charge < -0.3 is 4.90 Å². The molecular weight excluding hydrogens is 325 g/mol. The number of likely N-dealkylation sites (N-methyl/N-ethyl adjacent to an activating group) is 1. The van der Waals surface area contributed by atoms with Gasteiger partial charge in [-0.3, -0.25) is 4.90 Å². The summed E-state index contributed by atoms with van der Waals surface area (Å²) in [4.78, 5) is 4.85. The third-order valence-electron chi connectivity index (χ3n) is 5.61. The van der Waals surface area contributed by atoms with Crippen LogP contribution in [0.2, 0.25) is 0 Å². The minimum atomic E-state index is -4.26. The molecule has 1 heterocycles. The summed E-state index contributed by atoms with van der Waals surface area (Å²) >= 11 is 0. The van der Waals surface area contributed by atoms with E-state index in [0.29, 0.717) is 0 Å². The highest BCUT2D eigenvalue weighted by Gasteiger charge is 2.40. The van der Waals surface area contributed by atoms with Crippen LogP contribution in [0.4, 0.5) is 13.2 Å². The SMILES string of the molecule is CN(C)[C@@]1(CCc2ccc(C(F)(F)F)cc2)CCCN(C(C)(C)C)C1. The maximum Gasteiger partial charge on any atom is 0.416 e. The van der Waals surface area contributed by atoms with Crippen LogP contribution >= 0.6 is 0 Å². The Labute approximate surface area is 150 Å². The van der Waals surface area contributed by atoms with E-state index in [4.69, 9.17) is 0 Å². The summed E-state index contributed by atoms with van der Waals surface area (Å²) in [6, 6.07) is 5.63. The molecule has 0 unspecified atom stereocenters. The Morgan fingerprint density at radius 1 is 1.08 bits per heavy atom. The molecule has 0 amide bonds. The third kappa shape index (κ3) is 4.98. The van der Waals surface area contributed by atoms with Gasteiger partial charge in [-0.15, -0.1) is 0 Å². The van der Waals surface area contributed by atoms with Crippen molar-refractivity contribution in [2.45, 2.75) is 63.7 Å². The Hall–Kier alpha value is -1.07. The van der Waals surface area contributed by atoms with E-state index in [2.05, 4.69) is 44.7 Å². The zero-order valence-electron chi connectivity index (χ0n) is 16.1. The van der Waals surface area contributed by atoms with E-state index in [1.807, 2.05) is 0 Å². The van der Waals surface area contributed by atoms with Crippen molar-refractivity contribution in [1.82, 2.24) is 9.80 Å². The highest BCUT2D eigenvalue weighted by molar-refractivity contribution is 5.25. The molecule has 0 radical (unpaired) electrons. The Balaban J connectivity index is 2.09. The number of benzene rings is 1. The number of nitrogens with zero attached hydrogens (tertiary/aromatic N) is 2. The van der Waals surface area contributed by atoms with Gasteiger partial charge in [-0.2, -0.15) is 13.2 Å². The second-order valence-corrected chi connectivity index (χ2v) is 8.51. The molecule has 1 aliphatic rings. The molecule has 2 nitrogen and oxygen atoms in total. The highest BCUT2D eigenvalue weighted by Crippen LogP contribution is 2.34. The second-order valence-electron chi connectivity index (χ2n) is 8.51. The first kappa shape index (κ1) is 20.2. The van der Waals surface area contributed by atoms with Crippen LogP contribution in [0, 0.1) is 0 Å². The van der Waals surface area contributed by atoms with Crippen LogP contribution in [0.15, 0.2) is 24.3 Å². The maximum absolute atomic E-state index is 12.7. The van der Waals surface area contributed by atoms with Crippen molar-refractivity contribution < 1.29 is 13.2 Å². The minimum absolute atomic E-state index is 0.0776. The number of hydrogen-bond acceptors (Lipinski definition) is 2. The average molecular weight is 356 g/mol. The van der Waals surface area contributed by atoms with Crippen molar-refractivity contribution in [2.75, 3.05) is 27.2 Å². The lowest BCUT2D eigenvalue weighted by atomic mass is 9.81. The fourth-order valence-corrected chi connectivity index (χ4v) is 3.72. The summed E-state index contributed by atoms with van der Waals surface area (Å²) in [5.74, 6) is 0. The van der Waals surface area contributed by atoms with Crippen LogP contribution < -0.4 is 0 Å². The Morgan fingerprint density at radius 2 is 1.68 bits per heavy atom. The minimum Gasteiger partial charge on any atom is -0.302 e. The van der Waals surface area contributed by atoms with E-state index in [-0.39, 0.29) is 11.1 Å². The van der Waals surface area contributed by atoms with E-state index < -0.39 is 11.7 Å². The van der Waals surface area contributed by atoms with Gasteiger partial charge in [-0.1, -0.05) is 12.1 Å². The summed E-state index contributed by atoms with van der Waals surface area (Å²) in [5.41, 5.74) is 0.613. The Kier molecular flexibility index (Phi) is 5.89. The van der Waals surface area contributed by atoms with Crippen LogP contribution in [0.1, 0.15) is 51.2 Å². The zero-order valence-corrected chi connectivity index (χ0v) is 16.1. The number of rotatable bonds is 4. The standard InChI is InChI=1S/C20H31F3N2/c1-18(2,3)25-14-6-12-19(15-25,24(4)5)13-11-16-7-9-17(10-8-16)20(21,22)23/h7-10H,6,11-15H2,1-5H3/t19-/m1/s1. The molecule has 1 saturated heterocycles. The van der Waals surface area contributed by atoms with E-state index in [1.54, 1.807) is 12.1 Å². The van der Waals surface area contributed by atoms with Gasteiger partial charge in [-0.25, -0.2) is 0 Å². The van der Waals surface area contributed by atoms with Crippen LogP contribution in [-0.2, 0) is 12.6 Å². The van der Waals surface area contributed by atoms with Crippen molar-refractivity contribution in [2.24, 2.45) is 0 Å². The molecular formula is C20H31F3N2. The maximum atomic E-state index is 12.7. The molecule has 1 aromatic rings. The summed E-state index contributed by atoms with van der Waals surface area (Å²) in [7, 11) is 4.25. The average Bonchev–Trinajstić information content (AvgIpc) is 2.52. The third-order valence-corrected chi connectivity index (χ3v) is 5.61. The predicted molar refractivity (Wildman–Crippen MR) is 96.7 cm³/mol. The molecule has 25 heavy (non-hydrogen) atoms. The topological polar surface area (TPSA) is 6.48 Å². The Morgan fingerprint density at radius 3 is 2.16 bits per heavy atom. The highest BCUT2D eigenvalue weighted by atomic mass is 19.4.